The van der Waals surface area contributed by atoms with Crippen LogP contribution in [0.3, 0.4) is 0 Å². The molecule has 0 saturated carbocycles. The molecule has 1 rings (SSSR count). The highest BCUT2D eigenvalue weighted by Gasteiger charge is 2.31. The van der Waals surface area contributed by atoms with E-state index >= 15 is 0 Å². The number of nitrogens with two attached hydrogens (primary N) is 1. The molecule has 3 nitrogen and oxygen atoms in total. The first-order valence-electron chi connectivity index (χ1n) is 5.53. The van der Waals surface area contributed by atoms with Crippen molar-refractivity contribution >= 4 is 0 Å². The van der Waals surface area contributed by atoms with Gasteiger partial charge in [-0.3, -0.25) is 4.90 Å². The number of hydrogen-bond acceptors (Lipinski definition) is 3. The molecule has 84 valence electrons. The summed E-state index contributed by atoms with van der Waals surface area (Å²) in [7, 11) is 0. The second-order valence-electron chi connectivity index (χ2n) is 5.22. The molecule has 14 heavy (non-hydrogen) atoms. The molecule has 3 heteroatoms. The van der Waals surface area contributed by atoms with Gasteiger partial charge < -0.3 is 10.5 Å². The second-order valence-corrected chi connectivity index (χ2v) is 5.22. The Hall–Kier alpha value is -0.120. The summed E-state index contributed by atoms with van der Waals surface area (Å²) >= 11 is 0. The van der Waals surface area contributed by atoms with Crippen LogP contribution in [0.2, 0.25) is 0 Å². The minimum Gasteiger partial charge on any atom is -0.370 e. The molecule has 0 aromatic rings. The molecule has 0 amide bonds. The normalized spacial score (nSPS) is 30.2. The minimum absolute atomic E-state index is 0.00795. The topological polar surface area (TPSA) is 38.5 Å². The Labute approximate surface area is 87.6 Å². The van der Waals surface area contributed by atoms with Gasteiger partial charge in [-0.25, -0.2) is 0 Å². The predicted molar refractivity (Wildman–Crippen MR) is 59.3 cm³/mol. The Morgan fingerprint density at radius 2 is 2.21 bits per heavy atom. The van der Waals surface area contributed by atoms with E-state index < -0.39 is 0 Å². The summed E-state index contributed by atoms with van der Waals surface area (Å²) in [6.45, 7) is 12.6. The maximum Gasteiger partial charge on any atom is 0.0757 e. The van der Waals surface area contributed by atoms with Crippen molar-refractivity contribution in [1.82, 2.24) is 4.90 Å². The van der Waals surface area contributed by atoms with Crippen LogP contribution in [0.5, 0.6) is 0 Å². The molecule has 0 bridgehead atoms. The van der Waals surface area contributed by atoms with Gasteiger partial charge in [0.25, 0.3) is 0 Å². The van der Waals surface area contributed by atoms with Crippen LogP contribution in [0.15, 0.2) is 0 Å². The van der Waals surface area contributed by atoms with E-state index in [-0.39, 0.29) is 5.60 Å². The van der Waals surface area contributed by atoms with Crippen LogP contribution >= 0.6 is 0 Å². The van der Waals surface area contributed by atoms with Crippen LogP contribution in [0.1, 0.15) is 27.7 Å². The van der Waals surface area contributed by atoms with Crippen molar-refractivity contribution in [1.29, 1.82) is 0 Å². The summed E-state index contributed by atoms with van der Waals surface area (Å²) in [4.78, 5) is 2.46. The number of hydrogen-bond donors (Lipinski definition) is 1. The maximum atomic E-state index is 5.85. The molecule has 0 aromatic heterocycles. The summed E-state index contributed by atoms with van der Waals surface area (Å²) < 4.78 is 5.85. The van der Waals surface area contributed by atoms with Gasteiger partial charge in [0.1, 0.15) is 0 Å². The molecule has 0 aromatic carbocycles. The fraction of sp³-hybridized carbons (Fsp3) is 1.00. The lowest BCUT2D eigenvalue weighted by Gasteiger charge is -2.42. The predicted octanol–water partition coefficient (Wildman–Crippen LogP) is 1.08. The quantitative estimate of drug-likeness (QED) is 0.741. The molecule has 2 unspecified atom stereocenters. The van der Waals surface area contributed by atoms with Crippen molar-refractivity contribution in [3.05, 3.63) is 0 Å². The van der Waals surface area contributed by atoms with E-state index in [9.17, 15) is 0 Å². The summed E-state index contributed by atoms with van der Waals surface area (Å²) in [6.07, 6.45) is 0.337. The summed E-state index contributed by atoms with van der Waals surface area (Å²) in [5.74, 6) is 0.580. The van der Waals surface area contributed by atoms with Crippen LogP contribution < -0.4 is 5.73 Å². The Morgan fingerprint density at radius 1 is 1.57 bits per heavy atom. The zero-order chi connectivity index (χ0) is 10.8. The van der Waals surface area contributed by atoms with Gasteiger partial charge in [0, 0.05) is 19.6 Å². The largest absolute Gasteiger partial charge is 0.370 e. The fourth-order valence-electron chi connectivity index (χ4n) is 2.24. The van der Waals surface area contributed by atoms with E-state index in [0.29, 0.717) is 12.0 Å². The lowest BCUT2D eigenvalue weighted by atomic mass is 10.0. The number of rotatable bonds is 3. The first-order chi connectivity index (χ1) is 6.43. The van der Waals surface area contributed by atoms with Crippen molar-refractivity contribution in [2.45, 2.75) is 39.4 Å². The molecule has 0 spiro atoms. The standard InChI is InChI=1S/C11H24N2O/c1-9(5-12)6-13-7-10(2)14-11(3,4)8-13/h9-10H,5-8,12H2,1-4H3. The fourth-order valence-corrected chi connectivity index (χ4v) is 2.24. The molecule has 1 fully saturated rings. The van der Waals surface area contributed by atoms with Crippen LogP contribution in [0.25, 0.3) is 0 Å². The third kappa shape index (κ3) is 3.56. The average Bonchev–Trinajstić information content (AvgIpc) is 1.99. The van der Waals surface area contributed by atoms with Gasteiger partial charge in [-0.1, -0.05) is 6.92 Å². The highest BCUT2D eigenvalue weighted by Crippen LogP contribution is 2.21. The van der Waals surface area contributed by atoms with Crippen molar-refractivity contribution in [2.24, 2.45) is 11.7 Å². The van der Waals surface area contributed by atoms with Gasteiger partial charge in [-0.05, 0) is 33.2 Å². The second kappa shape index (κ2) is 4.60. The first kappa shape index (κ1) is 12.0. The molecule has 2 N–H and O–H groups in total. The number of ether oxygens (including phenoxy) is 1. The molecule has 1 aliphatic heterocycles. The van der Waals surface area contributed by atoms with Crippen LogP contribution in [-0.4, -0.2) is 42.8 Å². The van der Waals surface area contributed by atoms with Crippen LogP contribution in [0, 0.1) is 5.92 Å². The zero-order valence-electron chi connectivity index (χ0n) is 9.92. The van der Waals surface area contributed by atoms with E-state index in [4.69, 9.17) is 10.5 Å². The Kier molecular flexibility index (Phi) is 3.93. The Morgan fingerprint density at radius 3 is 2.71 bits per heavy atom. The van der Waals surface area contributed by atoms with E-state index in [1.165, 1.54) is 0 Å². The summed E-state index contributed by atoms with van der Waals surface area (Å²) in [5.41, 5.74) is 5.63. The van der Waals surface area contributed by atoms with E-state index in [1.807, 2.05) is 0 Å². The highest BCUT2D eigenvalue weighted by molar-refractivity contribution is 4.83. The van der Waals surface area contributed by atoms with Gasteiger partial charge in [0.15, 0.2) is 0 Å². The van der Waals surface area contributed by atoms with Crippen molar-refractivity contribution in [3.8, 4) is 0 Å². The third-order valence-electron chi connectivity index (χ3n) is 2.61. The average molecular weight is 200 g/mol. The minimum atomic E-state index is -0.00795. The molecule has 2 atom stereocenters. The Bertz CT molecular complexity index is 182. The lowest BCUT2D eigenvalue weighted by Crippen LogP contribution is -2.53. The molecule has 1 heterocycles. The maximum absolute atomic E-state index is 5.85. The van der Waals surface area contributed by atoms with E-state index in [0.717, 1.165) is 26.2 Å². The third-order valence-corrected chi connectivity index (χ3v) is 2.61. The molecular formula is C11H24N2O. The van der Waals surface area contributed by atoms with Crippen LogP contribution in [-0.2, 0) is 4.74 Å². The molecular weight excluding hydrogens is 176 g/mol. The smallest absolute Gasteiger partial charge is 0.0757 e. The lowest BCUT2D eigenvalue weighted by molar-refractivity contribution is -0.130. The van der Waals surface area contributed by atoms with Gasteiger partial charge in [-0.2, -0.15) is 0 Å². The van der Waals surface area contributed by atoms with Gasteiger partial charge >= 0.3 is 0 Å². The van der Waals surface area contributed by atoms with E-state index in [2.05, 4.69) is 32.6 Å². The Balaban J connectivity index is 2.45. The zero-order valence-corrected chi connectivity index (χ0v) is 9.92. The number of nitrogens with zero attached hydrogens (tertiary/aromatic N) is 1. The molecule has 0 aliphatic carbocycles. The molecule has 1 aliphatic rings. The SMILES string of the molecule is CC(CN)CN1CC(C)OC(C)(C)C1. The van der Waals surface area contributed by atoms with Crippen LogP contribution in [0.4, 0.5) is 0 Å². The molecule has 0 radical (unpaired) electrons. The van der Waals surface area contributed by atoms with Gasteiger partial charge in [0.05, 0.1) is 11.7 Å². The van der Waals surface area contributed by atoms with Crippen molar-refractivity contribution in [2.75, 3.05) is 26.2 Å². The first-order valence-corrected chi connectivity index (χ1v) is 5.53. The summed E-state index contributed by atoms with van der Waals surface area (Å²) in [6, 6.07) is 0. The van der Waals surface area contributed by atoms with E-state index in [1.54, 1.807) is 0 Å². The highest BCUT2D eigenvalue weighted by atomic mass is 16.5. The molecule has 1 saturated heterocycles. The monoisotopic (exact) mass is 200 g/mol. The van der Waals surface area contributed by atoms with Gasteiger partial charge in [-0.15, -0.1) is 0 Å². The van der Waals surface area contributed by atoms with Gasteiger partial charge in [0.2, 0.25) is 0 Å². The van der Waals surface area contributed by atoms with Crippen molar-refractivity contribution in [3.63, 3.8) is 0 Å². The summed E-state index contributed by atoms with van der Waals surface area (Å²) in [5, 5.41) is 0. The number of morpholine rings is 1. The van der Waals surface area contributed by atoms with Crippen molar-refractivity contribution < 1.29 is 4.74 Å².